The van der Waals surface area contributed by atoms with Gasteiger partial charge in [0.05, 0.1) is 10.6 Å². The van der Waals surface area contributed by atoms with E-state index in [0.29, 0.717) is 5.69 Å². The Morgan fingerprint density at radius 2 is 2.35 bits per heavy atom. The predicted octanol–water partition coefficient (Wildman–Crippen LogP) is 1.87. The average molecular weight is 247 g/mol. The van der Waals surface area contributed by atoms with Crippen LogP contribution in [0, 0.1) is 0 Å². The van der Waals surface area contributed by atoms with Crippen molar-refractivity contribution in [2.75, 3.05) is 13.6 Å². The topological polar surface area (TPSA) is 38.1 Å². The van der Waals surface area contributed by atoms with Crippen molar-refractivity contribution in [3.8, 4) is 10.7 Å². The number of aldehydes is 1. The molecule has 0 saturated carbocycles. The van der Waals surface area contributed by atoms with Crippen LogP contribution in [0.25, 0.3) is 10.7 Å². The lowest BCUT2D eigenvalue weighted by atomic mass is 10.2. The molecule has 0 unspecified atom stereocenters. The first kappa shape index (κ1) is 10.7. The Morgan fingerprint density at radius 3 is 3.06 bits per heavy atom. The minimum atomic E-state index is 0.583. The van der Waals surface area contributed by atoms with Crippen LogP contribution in [0.5, 0.6) is 0 Å². The largest absolute Gasteiger partial charge is 0.324 e. The second-order valence-corrected chi connectivity index (χ2v) is 5.20. The fourth-order valence-corrected chi connectivity index (χ4v) is 2.93. The minimum absolute atomic E-state index is 0.583. The maximum atomic E-state index is 11.1. The van der Waals surface area contributed by atoms with E-state index >= 15 is 0 Å². The fourth-order valence-electron chi connectivity index (χ4n) is 2.21. The van der Waals surface area contributed by atoms with Crippen LogP contribution in [0.1, 0.15) is 16.2 Å². The second kappa shape index (κ2) is 4.09. The van der Waals surface area contributed by atoms with Crippen molar-refractivity contribution in [1.82, 2.24) is 14.5 Å². The number of aromatic nitrogens is 2. The van der Waals surface area contributed by atoms with Crippen LogP contribution in [-0.2, 0) is 13.1 Å². The number of nitrogens with zero attached hydrogens (tertiary/aromatic N) is 3. The lowest BCUT2D eigenvalue weighted by Crippen LogP contribution is -2.30. The normalized spacial score (nSPS) is 15.8. The first-order chi connectivity index (χ1) is 8.29. The van der Waals surface area contributed by atoms with Gasteiger partial charge in [0.15, 0.2) is 12.1 Å². The van der Waals surface area contributed by atoms with Gasteiger partial charge in [-0.3, -0.25) is 9.69 Å². The SMILES string of the molecule is CN1CCn2c(-c3cccs3)nc(C=O)c2C1. The molecule has 1 aliphatic heterocycles. The van der Waals surface area contributed by atoms with E-state index in [1.807, 2.05) is 17.5 Å². The van der Waals surface area contributed by atoms with Crippen LogP contribution < -0.4 is 0 Å². The smallest absolute Gasteiger partial charge is 0.170 e. The maximum absolute atomic E-state index is 11.1. The number of carbonyl (C=O) groups is 1. The highest BCUT2D eigenvalue weighted by Crippen LogP contribution is 2.28. The zero-order valence-electron chi connectivity index (χ0n) is 9.59. The predicted molar refractivity (Wildman–Crippen MR) is 67.3 cm³/mol. The number of hydrogen-bond donors (Lipinski definition) is 0. The van der Waals surface area contributed by atoms with Gasteiger partial charge in [-0.05, 0) is 18.5 Å². The van der Waals surface area contributed by atoms with Crippen molar-refractivity contribution >= 4 is 17.6 Å². The zero-order valence-corrected chi connectivity index (χ0v) is 10.4. The van der Waals surface area contributed by atoms with Gasteiger partial charge in [0.1, 0.15) is 5.69 Å². The van der Waals surface area contributed by atoms with Crippen molar-refractivity contribution in [2.24, 2.45) is 0 Å². The Balaban J connectivity index is 2.15. The number of thiophene rings is 1. The standard InChI is InChI=1S/C12H13N3OS/c1-14-4-5-15-10(7-14)9(8-16)13-12(15)11-3-2-6-17-11/h2-3,6,8H,4-5,7H2,1H3. The summed E-state index contributed by atoms with van der Waals surface area (Å²) in [5.74, 6) is 0.935. The summed E-state index contributed by atoms with van der Waals surface area (Å²) in [7, 11) is 2.07. The summed E-state index contributed by atoms with van der Waals surface area (Å²) in [5.41, 5.74) is 1.62. The quantitative estimate of drug-likeness (QED) is 0.760. The molecule has 0 radical (unpaired) electrons. The molecule has 0 aliphatic carbocycles. The van der Waals surface area contributed by atoms with Crippen molar-refractivity contribution in [3.05, 3.63) is 28.9 Å². The van der Waals surface area contributed by atoms with Gasteiger partial charge in [-0.15, -0.1) is 11.3 Å². The summed E-state index contributed by atoms with van der Waals surface area (Å²) in [4.78, 5) is 18.9. The summed E-state index contributed by atoms with van der Waals surface area (Å²) in [6, 6.07) is 4.06. The van der Waals surface area contributed by atoms with Crippen molar-refractivity contribution < 1.29 is 4.79 Å². The fraction of sp³-hybridized carbons (Fsp3) is 0.333. The molecule has 2 aromatic rings. The summed E-state index contributed by atoms with van der Waals surface area (Å²) < 4.78 is 2.18. The third kappa shape index (κ3) is 1.71. The van der Waals surface area contributed by atoms with E-state index < -0.39 is 0 Å². The van der Waals surface area contributed by atoms with Gasteiger partial charge < -0.3 is 4.57 Å². The Morgan fingerprint density at radius 1 is 1.47 bits per heavy atom. The first-order valence-electron chi connectivity index (χ1n) is 5.56. The highest BCUT2D eigenvalue weighted by Gasteiger charge is 2.22. The molecule has 0 N–H and O–H groups in total. The molecular weight excluding hydrogens is 234 g/mol. The molecule has 0 aromatic carbocycles. The lowest BCUT2D eigenvalue weighted by Gasteiger charge is -2.25. The molecule has 0 bridgehead atoms. The van der Waals surface area contributed by atoms with E-state index in [1.165, 1.54) is 0 Å². The number of rotatable bonds is 2. The molecule has 0 fully saturated rings. The highest BCUT2D eigenvalue weighted by molar-refractivity contribution is 7.13. The molecule has 3 heterocycles. The molecule has 2 aromatic heterocycles. The molecule has 1 aliphatic rings. The summed E-state index contributed by atoms with van der Waals surface area (Å²) in [6.07, 6.45) is 0.863. The van der Waals surface area contributed by atoms with Gasteiger partial charge in [0, 0.05) is 19.6 Å². The van der Waals surface area contributed by atoms with E-state index in [0.717, 1.165) is 42.3 Å². The van der Waals surface area contributed by atoms with E-state index in [2.05, 4.69) is 21.5 Å². The number of imidazole rings is 1. The second-order valence-electron chi connectivity index (χ2n) is 4.25. The molecule has 0 amide bonds. The van der Waals surface area contributed by atoms with Gasteiger partial charge in [-0.25, -0.2) is 4.98 Å². The van der Waals surface area contributed by atoms with Gasteiger partial charge in [0.2, 0.25) is 0 Å². The van der Waals surface area contributed by atoms with Gasteiger partial charge in [0.25, 0.3) is 0 Å². The van der Waals surface area contributed by atoms with E-state index in [9.17, 15) is 4.79 Å². The van der Waals surface area contributed by atoms with Crippen molar-refractivity contribution in [2.45, 2.75) is 13.1 Å². The molecule has 3 rings (SSSR count). The molecule has 4 nitrogen and oxygen atoms in total. The summed E-state index contributed by atoms with van der Waals surface area (Å²) in [6.45, 7) is 2.70. The summed E-state index contributed by atoms with van der Waals surface area (Å²) in [5, 5.41) is 2.03. The van der Waals surface area contributed by atoms with Gasteiger partial charge in [-0.2, -0.15) is 0 Å². The van der Waals surface area contributed by atoms with Crippen molar-refractivity contribution in [1.29, 1.82) is 0 Å². The van der Waals surface area contributed by atoms with Crippen LogP contribution in [0.4, 0.5) is 0 Å². The van der Waals surface area contributed by atoms with Crippen LogP contribution in [0.2, 0.25) is 0 Å². The molecule has 0 spiro atoms. The molecule has 0 saturated heterocycles. The first-order valence-corrected chi connectivity index (χ1v) is 6.44. The monoisotopic (exact) mass is 247 g/mol. The van der Waals surface area contributed by atoms with Crippen LogP contribution in [-0.4, -0.2) is 34.3 Å². The molecular formula is C12H13N3OS. The number of hydrogen-bond acceptors (Lipinski definition) is 4. The summed E-state index contributed by atoms with van der Waals surface area (Å²) >= 11 is 1.66. The Bertz CT molecular complexity index is 544. The van der Waals surface area contributed by atoms with Crippen LogP contribution in [0.15, 0.2) is 17.5 Å². The van der Waals surface area contributed by atoms with Crippen LogP contribution in [0.3, 0.4) is 0 Å². The van der Waals surface area contributed by atoms with E-state index in [4.69, 9.17) is 0 Å². The Labute approximate surface area is 104 Å². The van der Waals surface area contributed by atoms with Gasteiger partial charge in [-0.1, -0.05) is 6.07 Å². The molecule has 5 heteroatoms. The molecule has 0 atom stereocenters. The average Bonchev–Trinajstić information content (AvgIpc) is 2.94. The molecule has 17 heavy (non-hydrogen) atoms. The lowest BCUT2D eigenvalue weighted by molar-refractivity contribution is 0.111. The maximum Gasteiger partial charge on any atom is 0.170 e. The minimum Gasteiger partial charge on any atom is -0.324 e. The highest BCUT2D eigenvalue weighted by atomic mass is 32.1. The number of carbonyl (C=O) groups excluding carboxylic acids is 1. The third-order valence-electron chi connectivity index (χ3n) is 3.08. The zero-order chi connectivity index (χ0) is 11.8. The number of fused-ring (bicyclic) bond motifs is 1. The molecule has 88 valence electrons. The number of likely N-dealkylation sites (N-methyl/N-ethyl adjacent to an activating group) is 1. The Kier molecular flexibility index (Phi) is 2.57. The van der Waals surface area contributed by atoms with E-state index in [1.54, 1.807) is 11.3 Å². The third-order valence-corrected chi connectivity index (χ3v) is 3.95. The van der Waals surface area contributed by atoms with Crippen LogP contribution >= 0.6 is 11.3 Å². The van der Waals surface area contributed by atoms with E-state index in [-0.39, 0.29) is 0 Å². The van der Waals surface area contributed by atoms with Gasteiger partial charge >= 0.3 is 0 Å². The Hall–Kier alpha value is -1.46. The van der Waals surface area contributed by atoms with Crippen molar-refractivity contribution in [3.63, 3.8) is 0 Å².